The van der Waals surface area contributed by atoms with Gasteiger partial charge in [-0.3, -0.25) is 10.0 Å². The molecule has 2 aromatic carbocycles. The molecule has 2 N–H and O–H groups in total. The standard InChI is InChI=1S/C17H19NO4S/c19-17(18-20)13-15-10-8-14(9-11-15)5-4-12-23(21,22)16-6-2-1-3-7-16/h1-3,6-11,20H,4-5,12-13H2,(H,18,19). The molecular formula is C17H19NO4S. The van der Waals surface area contributed by atoms with Crippen molar-refractivity contribution in [3.8, 4) is 0 Å². The van der Waals surface area contributed by atoms with E-state index in [0.717, 1.165) is 11.1 Å². The van der Waals surface area contributed by atoms with Crippen LogP contribution in [0.1, 0.15) is 17.5 Å². The highest BCUT2D eigenvalue weighted by Crippen LogP contribution is 2.13. The second-order valence-corrected chi connectivity index (χ2v) is 7.37. The van der Waals surface area contributed by atoms with Crippen LogP contribution in [0.5, 0.6) is 0 Å². The average molecular weight is 333 g/mol. The summed E-state index contributed by atoms with van der Waals surface area (Å²) in [7, 11) is -3.24. The van der Waals surface area contributed by atoms with Crippen molar-refractivity contribution in [3.05, 3.63) is 65.7 Å². The molecule has 0 fully saturated rings. The van der Waals surface area contributed by atoms with Crippen molar-refractivity contribution in [1.82, 2.24) is 5.48 Å². The van der Waals surface area contributed by atoms with Crippen LogP contribution in [0.4, 0.5) is 0 Å². The molecule has 0 unspecified atom stereocenters. The number of carbonyl (C=O) groups is 1. The number of aryl methyl sites for hydroxylation is 1. The maximum absolute atomic E-state index is 12.2. The maximum Gasteiger partial charge on any atom is 0.247 e. The molecule has 122 valence electrons. The molecule has 0 atom stereocenters. The average Bonchev–Trinajstić information content (AvgIpc) is 2.57. The van der Waals surface area contributed by atoms with Crippen molar-refractivity contribution >= 4 is 15.7 Å². The second kappa shape index (κ2) is 7.89. The molecule has 2 rings (SSSR count). The van der Waals surface area contributed by atoms with Gasteiger partial charge < -0.3 is 0 Å². The molecule has 1 amide bonds. The Kier molecular flexibility index (Phi) is 5.90. The van der Waals surface area contributed by atoms with Crippen molar-refractivity contribution in [3.63, 3.8) is 0 Å². The Hall–Kier alpha value is -2.18. The highest BCUT2D eigenvalue weighted by Gasteiger charge is 2.13. The van der Waals surface area contributed by atoms with Gasteiger partial charge in [-0.1, -0.05) is 42.5 Å². The fourth-order valence-electron chi connectivity index (χ4n) is 2.26. The summed E-state index contributed by atoms with van der Waals surface area (Å²) in [5, 5.41) is 8.48. The minimum absolute atomic E-state index is 0.103. The van der Waals surface area contributed by atoms with E-state index in [0.29, 0.717) is 17.7 Å². The molecule has 6 heteroatoms. The van der Waals surface area contributed by atoms with Crippen molar-refractivity contribution in [2.75, 3.05) is 5.75 Å². The summed E-state index contributed by atoms with van der Waals surface area (Å²) in [4.78, 5) is 11.4. The molecule has 23 heavy (non-hydrogen) atoms. The van der Waals surface area contributed by atoms with E-state index in [1.54, 1.807) is 47.9 Å². The Morgan fingerprint density at radius 2 is 1.57 bits per heavy atom. The Balaban J connectivity index is 1.88. The number of nitrogens with one attached hydrogen (secondary N) is 1. The maximum atomic E-state index is 12.2. The molecule has 0 aliphatic rings. The molecule has 0 aromatic heterocycles. The van der Waals surface area contributed by atoms with Gasteiger partial charge in [0.1, 0.15) is 0 Å². The molecule has 0 heterocycles. The van der Waals surface area contributed by atoms with Gasteiger partial charge in [0.25, 0.3) is 0 Å². The van der Waals surface area contributed by atoms with Crippen LogP contribution < -0.4 is 5.48 Å². The third-order valence-electron chi connectivity index (χ3n) is 3.49. The molecule has 0 saturated carbocycles. The first-order valence-corrected chi connectivity index (χ1v) is 8.95. The summed E-state index contributed by atoms with van der Waals surface area (Å²) in [6.07, 6.45) is 1.30. The number of amides is 1. The van der Waals surface area contributed by atoms with Crippen LogP contribution in [-0.2, 0) is 27.5 Å². The largest absolute Gasteiger partial charge is 0.289 e. The minimum atomic E-state index is -3.24. The van der Waals surface area contributed by atoms with Gasteiger partial charge in [-0.2, -0.15) is 0 Å². The quantitative estimate of drug-likeness (QED) is 0.601. The lowest BCUT2D eigenvalue weighted by Crippen LogP contribution is -2.20. The normalized spacial score (nSPS) is 11.2. The van der Waals surface area contributed by atoms with E-state index < -0.39 is 15.7 Å². The summed E-state index contributed by atoms with van der Waals surface area (Å²) in [5.41, 5.74) is 3.39. The van der Waals surface area contributed by atoms with Gasteiger partial charge in [0.05, 0.1) is 17.1 Å². The van der Waals surface area contributed by atoms with Crippen molar-refractivity contribution in [2.45, 2.75) is 24.2 Å². The van der Waals surface area contributed by atoms with Crippen LogP contribution in [-0.4, -0.2) is 25.3 Å². The van der Waals surface area contributed by atoms with Gasteiger partial charge >= 0.3 is 0 Å². The summed E-state index contributed by atoms with van der Waals surface area (Å²) >= 11 is 0. The first kappa shape index (κ1) is 17.2. The summed E-state index contributed by atoms with van der Waals surface area (Å²) < 4.78 is 24.3. The summed E-state index contributed by atoms with van der Waals surface area (Å²) in [6.45, 7) is 0. The number of hydrogen-bond donors (Lipinski definition) is 2. The van der Waals surface area contributed by atoms with Crippen LogP contribution in [0.25, 0.3) is 0 Å². The van der Waals surface area contributed by atoms with Gasteiger partial charge in [-0.15, -0.1) is 0 Å². The predicted octanol–water partition coefficient (Wildman–Crippen LogP) is 2.14. The first-order valence-electron chi connectivity index (χ1n) is 7.30. The van der Waals surface area contributed by atoms with Gasteiger partial charge in [0.15, 0.2) is 9.84 Å². The smallest absolute Gasteiger partial charge is 0.247 e. The molecule has 0 saturated heterocycles. The van der Waals surface area contributed by atoms with Crippen LogP contribution in [0.15, 0.2) is 59.5 Å². The third kappa shape index (κ3) is 5.19. The topological polar surface area (TPSA) is 83.5 Å². The van der Waals surface area contributed by atoms with Gasteiger partial charge in [-0.05, 0) is 36.1 Å². The van der Waals surface area contributed by atoms with E-state index in [-0.39, 0.29) is 12.2 Å². The highest BCUT2D eigenvalue weighted by atomic mass is 32.2. The molecule has 0 radical (unpaired) electrons. The van der Waals surface area contributed by atoms with E-state index in [1.807, 2.05) is 12.1 Å². The minimum Gasteiger partial charge on any atom is -0.289 e. The molecular weight excluding hydrogens is 314 g/mol. The van der Waals surface area contributed by atoms with E-state index in [2.05, 4.69) is 0 Å². The van der Waals surface area contributed by atoms with E-state index in [9.17, 15) is 13.2 Å². The number of hydrogen-bond acceptors (Lipinski definition) is 4. The first-order chi connectivity index (χ1) is 11.0. The van der Waals surface area contributed by atoms with Crippen LogP contribution in [0.3, 0.4) is 0 Å². The fourth-order valence-corrected chi connectivity index (χ4v) is 3.59. The Morgan fingerprint density at radius 1 is 0.957 bits per heavy atom. The Labute approximate surface area is 135 Å². The highest BCUT2D eigenvalue weighted by molar-refractivity contribution is 7.91. The molecule has 0 aliphatic heterocycles. The summed E-state index contributed by atoms with van der Waals surface area (Å²) in [5.74, 6) is -0.363. The Morgan fingerprint density at radius 3 is 2.17 bits per heavy atom. The number of sulfone groups is 1. The molecule has 0 spiro atoms. The van der Waals surface area contributed by atoms with Gasteiger partial charge in [0.2, 0.25) is 5.91 Å². The van der Waals surface area contributed by atoms with E-state index >= 15 is 0 Å². The van der Waals surface area contributed by atoms with Gasteiger partial charge in [0, 0.05) is 0 Å². The lowest BCUT2D eigenvalue weighted by molar-refractivity contribution is -0.128. The number of benzene rings is 2. The van der Waals surface area contributed by atoms with Crippen LogP contribution in [0.2, 0.25) is 0 Å². The predicted molar refractivity (Wildman–Crippen MR) is 86.9 cm³/mol. The number of hydroxylamine groups is 1. The Bertz CT molecular complexity index is 740. The van der Waals surface area contributed by atoms with Crippen molar-refractivity contribution in [2.24, 2.45) is 0 Å². The molecule has 0 bridgehead atoms. The molecule has 2 aromatic rings. The number of rotatable bonds is 7. The van der Waals surface area contributed by atoms with Crippen molar-refractivity contribution < 1.29 is 18.4 Å². The number of carbonyl (C=O) groups excluding carboxylic acids is 1. The summed E-state index contributed by atoms with van der Waals surface area (Å²) in [6, 6.07) is 15.8. The zero-order valence-electron chi connectivity index (χ0n) is 12.6. The second-order valence-electron chi connectivity index (χ2n) is 5.26. The van der Waals surface area contributed by atoms with Crippen LogP contribution in [0, 0.1) is 0 Å². The SMILES string of the molecule is O=C(Cc1ccc(CCCS(=O)(=O)c2ccccc2)cc1)NO. The van der Waals surface area contributed by atoms with Crippen LogP contribution >= 0.6 is 0 Å². The van der Waals surface area contributed by atoms with E-state index in [1.165, 1.54) is 0 Å². The van der Waals surface area contributed by atoms with Crippen molar-refractivity contribution in [1.29, 1.82) is 0 Å². The van der Waals surface area contributed by atoms with Gasteiger partial charge in [-0.25, -0.2) is 13.9 Å². The molecule has 5 nitrogen and oxygen atoms in total. The zero-order chi connectivity index (χ0) is 16.7. The lowest BCUT2D eigenvalue weighted by Gasteiger charge is -2.06. The van der Waals surface area contributed by atoms with E-state index in [4.69, 9.17) is 5.21 Å². The zero-order valence-corrected chi connectivity index (χ0v) is 13.4. The third-order valence-corrected chi connectivity index (χ3v) is 5.31. The molecule has 0 aliphatic carbocycles. The fraction of sp³-hybridized carbons (Fsp3) is 0.235. The lowest BCUT2D eigenvalue weighted by atomic mass is 10.1. The monoisotopic (exact) mass is 333 g/mol.